The van der Waals surface area contributed by atoms with E-state index in [1.165, 1.54) is 0 Å². The maximum absolute atomic E-state index is 12.1. The van der Waals surface area contributed by atoms with Crippen LogP contribution in [0.2, 0.25) is 0 Å². The van der Waals surface area contributed by atoms with E-state index in [4.69, 9.17) is 4.42 Å². The molecule has 9 nitrogen and oxygen atoms in total. The van der Waals surface area contributed by atoms with E-state index in [1.807, 2.05) is 13.8 Å². The minimum Gasteiger partial charge on any atom is -0.401 e. The largest absolute Gasteiger partial charge is 0.401 e. The Morgan fingerprint density at radius 3 is 2.77 bits per heavy atom. The van der Waals surface area contributed by atoms with Crippen LogP contribution in [0.5, 0.6) is 0 Å². The van der Waals surface area contributed by atoms with Gasteiger partial charge in [0.05, 0.1) is 0 Å². The second-order valence-electron chi connectivity index (χ2n) is 4.98. The lowest BCUT2D eigenvalue weighted by Crippen LogP contribution is -2.14. The number of rotatable bonds is 4. The lowest BCUT2D eigenvalue weighted by Gasteiger charge is -2.03. The Hall–Kier alpha value is -2.97. The molecule has 3 rings (SSSR count). The van der Waals surface area contributed by atoms with E-state index in [0.29, 0.717) is 5.69 Å². The molecule has 0 aliphatic heterocycles. The molecule has 1 amide bonds. The standard InChI is InChI=1S/C13H15N7O2/c1-8(2)20-7-5-9(18-20)11(21)15-13-17-16-12(22-13)10-4-6-14-19(10)3/h4-8H,1-3H3,(H,15,17,21). The zero-order valence-corrected chi connectivity index (χ0v) is 12.4. The van der Waals surface area contributed by atoms with Gasteiger partial charge in [0.1, 0.15) is 5.69 Å². The SMILES string of the molecule is CC(C)n1ccc(C(=O)Nc2nnc(-c3ccnn3C)o2)n1. The summed E-state index contributed by atoms with van der Waals surface area (Å²) in [5.74, 6) is -0.123. The van der Waals surface area contributed by atoms with Crippen molar-refractivity contribution in [3.63, 3.8) is 0 Å². The van der Waals surface area contributed by atoms with Crippen molar-refractivity contribution in [2.75, 3.05) is 5.32 Å². The number of nitrogens with one attached hydrogen (secondary N) is 1. The molecule has 0 aromatic carbocycles. The van der Waals surface area contributed by atoms with Gasteiger partial charge in [0.2, 0.25) is 0 Å². The summed E-state index contributed by atoms with van der Waals surface area (Å²) in [7, 11) is 1.76. The second kappa shape index (κ2) is 5.43. The highest BCUT2D eigenvalue weighted by atomic mass is 16.4. The normalized spacial score (nSPS) is 11.1. The highest BCUT2D eigenvalue weighted by Crippen LogP contribution is 2.18. The Morgan fingerprint density at radius 2 is 2.14 bits per heavy atom. The number of amides is 1. The van der Waals surface area contributed by atoms with E-state index in [-0.39, 0.29) is 23.6 Å². The van der Waals surface area contributed by atoms with Crippen LogP contribution in [-0.2, 0) is 7.05 Å². The number of aryl methyl sites for hydroxylation is 1. The van der Waals surface area contributed by atoms with Crippen molar-refractivity contribution in [1.29, 1.82) is 0 Å². The predicted octanol–water partition coefficient (Wildman–Crippen LogP) is 1.50. The number of anilines is 1. The van der Waals surface area contributed by atoms with Gasteiger partial charge in [0, 0.05) is 25.5 Å². The number of carbonyl (C=O) groups excluding carboxylic acids is 1. The Balaban J connectivity index is 1.74. The minimum atomic E-state index is -0.403. The van der Waals surface area contributed by atoms with Gasteiger partial charge in [0.15, 0.2) is 5.69 Å². The number of carbonyl (C=O) groups is 1. The lowest BCUT2D eigenvalue weighted by molar-refractivity contribution is 0.101. The van der Waals surface area contributed by atoms with E-state index < -0.39 is 5.91 Å². The van der Waals surface area contributed by atoms with Gasteiger partial charge in [-0.1, -0.05) is 5.10 Å². The van der Waals surface area contributed by atoms with Crippen molar-refractivity contribution < 1.29 is 9.21 Å². The van der Waals surface area contributed by atoms with E-state index in [0.717, 1.165) is 0 Å². The first-order valence-corrected chi connectivity index (χ1v) is 6.73. The van der Waals surface area contributed by atoms with Crippen LogP contribution in [0.25, 0.3) is 11.6 Å². The Bertz CT molecular complexity index is 799. The first kappa shape index (κ1) is 14.0. The monoisotopic (exact) mass is 301 g/mol. The van der Waals surface area contributed by atoms with Crippen LogP contribution in [0.3, 0.4) is 0 Å². The van der Waals surface area contributed by atoms with Crippen molar-refractivity contribution in [2.45, 2.75) is 19.9 Å². The molecule has 0 fully saturated rings. The fourth-order valence-electron chi connectivity index (χ4n) is 1.87. The summed E-state index contributed by atoms with van der Waals surface area (Å²) in [5, 5.41) is 18.4. The maximum atomic E-state index is 12.1. The molecule has 0 atom stereocenters. The molecule has 0 unspecified atom stereocenters. The molecule has 0 saturated heterocycles. The van der Waals surface area contributed by atoms with Crippen molar-refractivity contribution in [3.05, 3.63) is 30.2 Å². The molecule has 1 N–H and O–H groups in total. The molecule has 9 heteroatoms. The Kier molecular flexibility index (Phi) is 3.45. The zero-order valence-electron chi connectivity index (χ0n) is 12.4. The van der Waals surface area contributed by atoms with Crippen LogP contribution in [0.1, 0.15) is 30.4 Å². The summed E-state index contributed by atoms with van der Waals surface area (Å²) in [6.45, 7) is 3.96. The molecule has 3 aromatic heterocycles. The highest BCUT2D eigenvalue weighted by Gasteiger charge is 2.16. The zero-order chi connectivity index (χ0) is 15.7. The predicted molar refractivity (Wildman–Crippen MR) is 77.1 cm³/mol. The summed E-state index contributed by atoms with van der Waals surface area (Å²) < 4.78 is 8.70. The summed E-state index contributed by atoms with van der Waals surface area (Å²) >= 11 is 0. The van der Waals surface area contributed by atoms with Gasteiger partial charge in [-0.2, -0.15) is 10.2 Å². The highest BCUT2D eigenvalue weighted by molar-refractivity contribution is 6.01. The van der Waals surface area contributed by atoms with Crippen molar-refractivity contribution in [1.82, 2.24) is 29.8 Å². The molecule has 0 saturated carbocycles. The quantitative estimate of drug-likeness (QED) is 0.783. The topological polar surface area (TPSA) is 104 Å². The van der Waals surface area contributed by atoms with Crippen LogP contribution < -0.4 is 5.32 Å². The van der Waals surface area contributed by atoms with E-state index in [2.05, 4.69) is 25.7 Å². The molecular formula is C13H15N7O2. The first-order chi connectivity index (χ1) is 10.5. The number of hydrogen-bond donors (Lipinski definition) is 1. The van der Waals surface area contributed by atoms with E-state index >= 15 is 0 Å². The number of nitrogens with zero attached hydrogens (tertiary/aromatic N) is 6. The van der Waals surface area contributed by atoms with Crippen LogP contribution >= 0.6 is 0 Å². The molecule has 0 aliphatic rings. The molecule has 0 spiro atoms. The Labute approximate surface area is 125 Å². The summed E-state index contributed by atoms with van der Waals surface area (Å²) in [6, 6.07) is 3.57. The third-order valence-corrected chi connectivity index (χ3v) is 3.06. The van der Waals surface area contributed by atoms with Gasteiger partial charge in [-0.05, 0) is 26.0 Å². The van der Waals surface area contributed by atoms with E-state index in [1.54, 1.807) is 40.9 Å². The average Bonchev–Trinajstić information content (AvgIpc) is 3.17. The fraction of sp³-hybridized carbons (Fsp3) is 0.308. The van der Waals surface area contributed by atoms with Crippen LogP contribution in [0, 0.1) is 0 Å². The van der Waals surface area contributed by atoms with Gasteiger partial charge in [-0.3, -0.25) is 19.5 Å². The molecule has 0 aliphatic carbocycles. The molecule has 0 radical (unpaired) electrons. The summed E-state index contributed by atoms with van der Waals surface area (Å²) in [4.78, 5) is 12.1. The summed E-state index contributed by atoms with van der Waals surface area (Å²) in [6.07, 6.45) is 3.37. The lowest BCUT2D eigenvalue weighted by atomic mass is 10.4. The van der Waals surface area contributed by atoms with Gasteiger partial charge < -0.3 is 4.42 Å². The molecule has 114 valence electrons. The first-order valence-electron chi connectivity index (χ1n) is 6.73. The van der Waals surface area contributed by atoms with Crippen LogP contribution in [0.15, 0.2) is 28.9 Å². The summed E-state index contributed by atoms with van der Waals surface area (Å²) in [5.41, 5.74) is 0.950. The number of hydrogen-bond acceptors (Lipinski definition) is 6. The number of aromatic nitrogens is 6. The Morgan fingerprint density at radius 1 is 1.32 bits per heavy atom. The average molecular weight is 301 g/mol. The van der Waals surface area contributed by atoms with Gasteiger partial charge in [0.25, 0.3) is 11.8 Å². The minimum absolute atomic E-state index is 0.0142. The van der Waals surface area contributed by atoms with Gasteiger partial charge in [-0.25, -0.2) is 0 Å². The van der Waals surface area contributed by atoms with Crippen LogP contribution in [-0.4, -0.2) is 35.7 Å². The van der Waals surface area contributed by atoms with Crippen LogP contribution in [0.4, 0.5) is 6.01 Å². The third-order valence-electron chi connectivity index (χ3n) is 3.06. The maximum Gasteiger partial charge on any atom is 0.322 e. The van der Waals surface area contributed by atoms with Gasteiger partial charge in [-0.15, -0.1) is 5.10 Å². The molecular weight excluding hydrogens is 286 g/mol. The van der Waals surface area contributed by atoms with Crippen molar-refractivity contribution in [2.24, 2.45) is 7.05 Å². The van der Waals surface area contributed by atoms with Crippen molar-refractivity contribution in [3.8, 4) is 11.6 Å². The fourth-order valence-corrected chi connectivity index (χ4v) is 1.87. The second-order valence-corrected chi connectivity index (χ2v) is 4.98. The van der Waals surface area contributed by atoms with Crippen molar-refractivity contribution >= 4 is 11.9 Å². The van der Waals surface area contributed by atoms with E-state index in [9.17, 15) is 4.79 Å². The molecule has 0 bridgehead atoms. The molecule has 22 heavy (non-hydrogen) atoms. The van der Waals surface area contributed by atoms with Gasteiger partial charge >= 0.3 is 6.01 Å². The molecule has 3 heterocycles. The third kappa shape index (κ3) is 2.60. The smallest absolute Gasteiger partial charge is 0.322 e. The molecule has 3 aromatic rings.